The van der Waals surface area contributed by atoms with E-state index in [0.717, 1.165) is 9.80 Å². The van der Waals surface area contributed by atoms with E-state index in [4.69, 9.17) is 0 Å². The van der Waals surface area contributed by atoms with Gasteiger partial charge in [0.05, 0.1) is 11.4 Å². The van der Waals surface area contributed by atoms with Crippen molar-refractivity contribution in [2.45, 2.75) is 11.4 Å². The maximum absolute atomic E-state index is 12.8. The van der Waals surface area contributed by atoms with Gasteiger partial charge in [-0.3, -0.25) is 19.4 Å². The summed E-state index contributed by atoms with van der Waals surface area (Å²) in [6, 6.07) is 5.66. The van der Waals surface area contributed by atoms with Crippen LogP contribution in [0, 0.1) is 5.41 Å². The number of carbonyl (C=O) groups is 3. The summed E-state index contributed by atoms with van der Waals surface area (Å²) in [7, 11) is 2.57. The molecule has 2 aliphatic rings. The standard InChI is InChI=1S/C15H16N2O5S/c1-16-12(20)15(13(21)17(2)14(16)22)10(19)7-23-11(15)8-5-3-4-6-9(8)18/h3-6,10-11,18-19H,7H2,1-2H3. The molecule has 0 saturated carbocycles. The van der Waals surface area contributed by atoms with Crippen molar-refractivity contribution in [3.8, 4) is 5.75 Å². The molecule has 2 saturated heterocycles. The predicted octanol–water partition coefficient (Wildman–Crippen LogP) is 0.578. The Morgan fingerprint density at radius 1 is 1.13 bits per heavy atom. The number of nitrogens with zero attached hydrogens (tertiary/aromatic N) is 2. The van der Waals surface area contributed by atoms with Crippen molar-refractivity contribution in [3.63, 3.8) is 0 Å². The molecule has 3 rings (SSSR count). The quantitative estimate of drug-likeness (QED) is 0.728. The summed E-state index contributed by atoms with van der Waals surface area (Å²) in [5.74, 6) is -1.37. The van der Waals surface area contributed by atoms with Gasteiger partial charge in [-0.15, -0.1) is 11.8 Å². The first-order chi connectivity index (χ1) is 10.8. The highest BCUT2D eigenvalue weighted by molar-refractivity contribution is 8.00. The van der Waals surface area contributed by atoms with E-state index in [2.05, 4.69) is 0 Å². The van der Waals surface area contributed by atoms with Gasteiger partial charge >= 0.3 is 6.03 Å². The molecule has 8 heteroatoms. The molecule has 4 amide bonds. The number of urea groups is 1. The Bertz CT molecular complexity index is 683. The SMILES string of the molecule is CN1C(=O)N(C)C(=O)C2(C1=O)C(O)CSC2c1ccccc1O. The highest BCUT2D eigenvalue weighted by atomic mass is 32.2. The average molecular weight is 336 g/mol. The summed E-state index contributed by atoms with van der Waals surface area (Å²) in [6.07, 6.45) is -1.24. The molecule has 0 aliphatic carbocycles. The van der Waals surface area contributed by atoms with E-state index in [1.807, 2.05) is 0 Å². The summed E-state index contributed by atoms with van der Waals surface area (Å²) in [5, 5.41) is 19.8. The van der Waals surface area contributed by atoms with Crippen molar-refractivity contribution in [3.05, 3.63) is 29.8 Å². The molecule has 0 bridgehead atoms. The van der Waals surface area contributed by atoms with E-state index in [9.17, 15) is 24.6 Å². The van der Waals surface area contributed by atoms with Gasteiger partial charge in [-0.2, -0.15) is 0 Å². The minimum Gasteiger partial charge on any atom is -0.508 e. The highest BCUT2D eigenvalue weighted by Crippen LogP contribution is 2.57. The number of hydrogen-bond donors (Lipinski definition) is 2. The summed E-state index contributed by atoms with van der Waals surface area (Å²) < 4.78 is 0. The smallest absolute Gasteiger partial charge is 0.332 e. The van der Waals surface area contributed by atoms with E-state index in [0.29, 0.717) is 5.56 Å². The minimum absolute atomic E-state index is 0.0544. The van der Waals surface area contributed by atoms with Crippen LogP contribution in [0.25, 0.3) is 0 Å². The molecule has 0 radical (unpaired) electrons. The number of benzene rings is 1. The zero-order valence-corrected chi connectivity index (χ0v) is 13.4. The first-order valence-electron chi connectivity index (χ1n) is 7.01. The van der Waals surface area contributed by atoms with Crippen LogP contribution in [0.3, 0.4) is 0 Å². The van der Waals surface area contributed by atoms with E-state index in [1.165, 1.54) is 31.9 Å². The third-order valence-electron chi connectivity index (χ3n) is 4.47. The van der Waals surface area contributed by atoms with Gasteiger partial charge in [-0.25, -0.2) is 4.79 Å². The van der Waals surface area contributed by atoms with Crippen LogP contribution in [0.4, 0.5) is 4.79 Å². The Hall–Kier alpha value is -2.06. The maximum atomic E-state index is 12.8. The number of rotatable bonds is 1. The molecule has 1 spiro atoms. The first-order valence-corrected chi connectivity index (χ1v) is 8.06. The second-order valence-corrected chi connectivity index (χ2v) is 6.81. The van der Waals surface area contributed by atoms with Crippen LogP contribution in [0.1, 0.15) is 10.8 Å². The van der Waals surface area contributed by atoms with Crippen molar-refractivity contribution >= 4 is 29.6 Å². The van der Waals surface area contributed by atoms with Crippen LogP contribution in [-0.2, 0) is 9.59 Å². The molecule has 122 valence electrons. The lowest BCUT2D eigenvalue weighted by atomic mass is 9.73. The van der Waals surface area contributed by atoms with Crippen molar-refractivity contribution in [1.82, 2.24) is 9.80 Å². The van der Waals surface area contributed by atoms with E-state index in [1.54, 1.807) is 18.2 Å². The number of phenols is 1. The fourth-order valence-corrected chi connectivity index (χ4v) is 4.86. The Morgan fingerprint density at radius 3 is 2.26 bits per heavy atom. The zero-order valence-electron chi connectivity index (χ0n) is 12.6. The molecule has 1 aromatic carbocycles. The second kappa shape index (κ2) is 5.24. The van der Waals surface area contributed by atoms with Crippen LogP contribution in [0.15, 0.2) is 24.3 Å². The molecule has 23 heavy (non-hydrogen) atoms. The van der Waals surface area contributed by atoms with Crippen LogP contribution >= 0.6 is 11.8 Å². The Labute approximate surface area is 136 Å². The summed E-state index contributed by atoms with van der Waals surface area (Å²) in [5.41, 5.74) is -1.41. The number of aliphatic hydroxyl groups excluding tert-OH is 1. The number of para-hydroxylation sites is 1. The topological polar surface area (TPSA) is 98.2 Å². The average Bonchev–Trinajstić information content (AvgIpc) is 2.88. The fraction of sp³-hybridized carbons (Fsp3) is 0.400. The van der Waals surface area contributed by atoms with Gasteiger partial charge in [0.15, 0.2) is 5.41 Å². The van der Waals surface area contributed by atoms with Crippen molar-refractivity contribution in [2.75, 3.05) is 19.8 Å². The molecular formula is C15H16N2O5S. The number of amides is 4. The number of aromatic hydroxyl groups is 1. The normalized spacial score (nSPS) is 27.2. The summed E-state index contributed by atoms with van der Waals surface area (Å²) in [6.45, 7) is 0. The van der Waals surface area contributed by atoms with Gasteiger partial charge in [-0.1, -0.05) is 18.2 Å². The lowest BCUT2D eigenvalue weighted by Gasteiger charge is -2.43. The number of hydrogen-bond acceptors (Lipinski definition) is 6. The number of carbonyl (C=O) groups excluding carboxylic acids is 3. The third-order valence-corrected chi connectivity index (χ3v) is 5.94. The molecule has 2 N–H and O–H groups in total. The largest absolute Gasteiger partial charge is 0.508 e. The second-order valence-electron chi connectivity index (χ2n) is 5.67. The van der Waals surface area contributed by atoms with Crippen LogP contribution in [-0.4, -0.2) is 63.8 Å². The molecule has 2 atom stereocenters. The lowest BCUT2D eigenvalue weighted by molar-refractivity contribution is -0.163. The third kappa shape index (κ3) is 1.91. The van der Waals surface area contributed by atoms with Crippen molar-refractivity contribution in [2.24, 2.45) is 5.41 Å². The predicted molar refractivity (Wildman–Crippen MR) is 82.7 cm³/mol. The van der Waals surface area contributed by atoms with Crippen LogP contribution < -0.4 is 0 Å². The van der Waals surface area contributed by atoms with Gasteiger partial charge < -0.3 is 10.2 Å². The molecule has 7 nitrogen and oxygen atoms in total. The molecular weight excluding hydrogens is 320 g/mol. The number of phenolic OH excluding ortho intramolecular Hbond substituents is 1. The van der Waals surface area contributed by atoms with E-state index in [-0.39, 0.29) is 11.5 Å². The van der Waals surface area contributed by atoms with Crippen LogP contribution in [0.5, 0.6) is 5.75 Å². The maximum Gasteiger partial charge on any atom is 0.332 e. The van der Waals surface area contributed by atoms with Crippen LogP contribution in [0.2, 0.25) is 0 Å². The molecule has 2 aliphatic heterocycles. The molecule has 0 aromatic heterocycles. The van der Waals surface area contributed by atoms with Gasteiger partial charge in [-0.05, 0) is 6.07 Å². The number of aliphatic hydroxyl groups is 1. The molecule has 2 unspecified atom stereocenters. The summed E-state index contributed by atoms with van der Waals surface area (Å²) >= 11 is 1.22. The monoisotopic (exact) mass is 336 g/mol. The lowest BCUT2D eigenvalue weighted by Crippen LogP contribution is -2.67. The number of imide groups is 2. The summed E-state index contributed by atoms with van der Waals surface area (Å²) in [4.78, 5) is 39.3. The number of barbiturate groups is 1. The minimum atomic E-state index is -1.80. The molecule has 2 heterocycles. The van der Waals surface area contributed by atoms with Gasteiger partial charge in [0.2, 0.25) is 11.8 Å². The van der Waals surface area contributed by atoms with Crippen molar-refractivity contribution in [1.29, 1.82) is 0 Å². The Morgan fingerprint density at radius 2 is 1.70 bits per heavy atom. The first kappa shape index (κ1) is 15.8. The molecule has 1 aromatic rings. The number of thioether (sulfide) groups is 1. The van der Waals surface area contributed by atoms with Gasteiger partial charge in [0.1, 0.15) is 5.75 Å². The molecule has 2 fully saturated rings. The fourth-order valence-electron chi connectivity index (χ4n) is 3.22. The Balaban J connectivity index is 2.20. The van der Waals surface area contributed by atoms with Gasteiger partial charge in [0.25, 0.3) is 0 Å². The highest BCUT2D eigenvalue weighted by Gasteiger charge is 2.67. The van der Waals surface area contributed by atoms with E-state index >= 15 is 0 Å². The van der Waals surface area contributed by atoms with Crippen molar-refractivity contribution < 1.29 is 24.6 Å². The Kier molecular flexibility index (Phi) is 3.61. The van der Waals surface area contributed by atoms with Gasteiger partial charge in [0, 0.05) is 25.4 Å². The van der Waals surface area contributed by atoms with E-state index < -0.39 is 34.6 Å². The zero-order chi connectivity index (χ0) is 16.9.